The summed E-state index contributed by atoms with van der Waals surface area (Å²) in [4.78, 5) is 17.9. The Morgan fingerprint density at radius 2 is 1.72 bits per heavy atom. The van der Waals surface area contributed by atoms with Crippen molar-refractivity contribution >= 4 is 34.9 Å². The number of aromatic nitrogens is 3. The van der Waals surface area contributed by atoms with Gasteiger partial charge in [0, 0.05) is 42.6 Å². The highest BCUT2D eigenvalue weighted by atomic mass is 35.5. The van der Waals surface area contributed by atoms with Crippen LogP contribution in [0, 0.1) is 0 Å². The van der Waals surface area contributed by atoms with Crippen LogP contribution in [-0.2, 0) is 0 Å². The van der Waals surface area contributed by atoms with Gasteiger partial charge >= 0.3 is 0 Å². The number of anilines is 4. The molecule has 1 saturated heterocycles. The van der Waals surface area contributed by atoms with E-state index in [1.807, 2.05) is 48.5 Å². The molecule has 0 bridgehead atoms. The van der Waals surface area contributed by atoms with E-state index in [1.54, 1.807) is 0 Å². The summed E-state index contributed by atoms with van der Waals surface area (Å²) < 4.78 is 0. The lowest BCUT2D eigenvalue weighted by atomic mass is 10.2. The van der Waals surface area contributed by atoms with Gasteiger partial charge in [0.1, 0.15) is 0 Å². The van der Waals surface area contributed by atoms with Crippen LogP contribution in [0.1, 0.15) is 18.8 Å². The molecular formula is C21H24ClN7. The topological polar surface area (TPSA) is 83.2 Å². The second-order valence-electron chi connectivity index (χ2n) is 7.05. The maximum absolute atomic E-state index is 6.13. The monoisotopic (exact) mass is 409 g/mol. The molecule has 2 aromatic carbocycles. The molecule has 1 aliphatic heterocycles. The molecule has 2 heterocycles. The molecule has 3 N–H and O–H groups in total. The van der Waals surface area contributed by atoms with Crippen LogP contribution in [0.2, 0.25) is 5.02 Å². The predicted octanol–water partition coefficient (Wildman–Crippen LogP) is 3.73. The van der Waals surface area contributed by atoms with Gasteiger partial charge in [-0.05, 0) is 37.3 Å². The van der Waals surface area contributed by atoms with E-state index in [0.29, 0.717) is 11.8 Å². The Hall–Kier alpha value is -2.90. The van der Waals surface area contributed by atoms with E-state index in [1.165, 1.54) is 0 Å². The molecule has 0 amide bonds. The molecule has 0 spiro atoms. The van der Waals surface area contributed by atoms with Gasteiger partial charge in [0.05, 0.1) is 6.04 Å². The summed E-state index contributed by atoms with van der Waals surface area (Å²) >= 11 is 6.13. The molecule has 3 aromatic rings. The average molecular weight is 410 g/mol. The van der Waals surface area contributed by atoms with Crippen LogP contribution in [0.5, 0.6) is 0 Å². The number of halogens is 1. The fraction of sp³-hybridized carbons (Fsp3) is 0.286. The quantitative estimate of drug-likeness (QED) is 0.664. The van der Waals surface area contributed by atoms with Gasteiger partial charge in [-0.3, -0.25) is 4.90 Å². The second kappa shape index (κ2) is 8.63. The third-order valence-electron chi connectivity index (χ3n) is 5.11. The Morgan fingerprint density at radius 3 is 2.45 bits per heavy atom. The van der Waals surface area contributed by atoms with E-state index in [-0.39, 0.29) is 12.0 Å². The van der Waals surface area contributed by atoms with E-state index < -0.39 is 0 Å². The van der Waals surface area contributed by atoms with Gasteiger partial charge < -0.3 is 16.0 Å². The summed E-state index contributed by atoms with van der Waals surface area (Å²) in [6.45, 7) is 5.75. The number of rotatable bonds is 5. The summed E-state index contributed by atoms with van der Waals surface area (Å²) in [6, 6.07) is 17.8. The van der Waals surface area contributed by atoms with Crippen LogP contribution in [0.25, 0.3) is 0 Å². The number of nitrogens with two attached hydrogens (primary N) is 1. The Labute approximate surface area is 175 Å². The SMILES string of the molecule is CC(c1nc(N)nc(Nc2ccccc2)n1)N1CCN(c2cccc(Cl)c2)CC1. The van der Waals surface area contributed by atoms with E-state index >= 15 is 0 Å². The molecule has 1 atom stereocenters. The molecule has 8 heteroatoms. The molecule has 29 heavy (non-hydrogen) atoms. The van der Waals surface area contributed by atoms with E-state index in [0.717, 1.165) is 42.6 Å². The second-order valence-corrected chi connectivity index (χ2v) is 7.48. The standard InChI is InChI=1S/C21H24ClN7/c1-15(28-10-12-29(13-11-28)18-9-5-6-16(22)14-18)19-25-20(23)27-21(26-19)24-17-7-3-2-4-8-17/h2-9,14-15H,10-13H2,1H3,(H3,23,24,25,26,27). The van der Waals surface area contributed by atoms with Gasteiger partial charge in [-0.25, -0.2) is 0 Å². The fourth-order valence-corrected chi connectivity index (χ4v) is 3.69. The van der Waals surface area contributed by atoms with Crippen molar-refractivity contribution < 1.29 is 0 Å². The van der Waals surface area contributed by atoms with Gasteiger partial charge in [0.2, 0.25) is 11.9 Å². The third-order valence-corrected chi connectivity index (χ3v) is 5.34. The lowest BCUT2D eigenvalue weighted by Crippen LogP contribution is -2.47. The summed E-state index contributed by atoms with van der Waals surface area (Å²) in [5.41, 5.74) is 8.02. The highest BCUT2D eigenvalue weighted by Crippen LogP contribution is 2.25. The lowest BCUT2D eigenvalue weighted by Gasteiger charge is -2.38. The minimum Gasteiger partial charge on any atom is -0.369 e. The van der Waals surface area contributed by atoms with Crippen molar-refractivity contribution in [2.75, 3.05) is 42.1 Å². The fourth-order valence-electron chi connectivity index (χ4n) is 3.51. The van der Waals surface area contributed by atoms with Gasteiger partial charge in [-0.1, -0.05) is 35.9 Å². The van der Waals surface area contributed by atoms with E-state index in [9.17, 15) is 0 Å². The summed E-state index contributed by atoms with van der Waals surface area (Å²) in [5.74, 6) is 1.35. The number of nitrogens with one attached hydrogen (secondary N) is 1. The summed E-state index contributed by atoms with van der Waals surface area (Å²) in [6.07, 6.45) is 0. The van der Waals surface area contributed by atoms with Crippen LogP contribution in [0.3, 0.4) is 0 Å². The number of hydrogen-bond donors (Lipinski definition) is 2. The zero-order chi connectivity index (χ0) is 20.2. The summed E-state index contributed by atoms with van der Waals surface area (Å²) in [7, 11) is 0. The third kappa shape index (κ3) is 4.75. The van der Waals surface area contributed by atoms with E-state index in [4.69, 9.17) is 17.3 Å². The number of para-hydroxylation sites is 1. The number of nitrogen functional groups attached to an aromatic ring is 1. The molecule has 1 unspecified atom stereocenters. The molecule has 1 aromatic heterocycles. The highest BCUT2D eigenvalue weighted by molar-refractivity contribution is 6.30. The van der Waals surface area contributed by atoms with Gasteiger partial charge in [0.15, 0.2) is 5.82 Å². The highest BCUT2D eigenvalue weighted by Gasteiger charge is 2.24. The smallest absolute Gasteiger partial charge is 0.232 e. The molecule has 0 radical (unpaired) electrons. The first kappa shape index (κ1) is 19.4. The number of benzene rings is 2. The molecule has 1 aliphatic rings. The van der Waals surface area contributed by atoms with Crippen LogP contribution >= 0.6 is 11.6 Å². The van der Waals surface area contributed by atoms with Crippen molar-refractivity contribution in [3.05, 3.63) is 65.4 Å². The predicted molar refractivity (Wildman–Crippen MR) is 118 cm³/mol. The van der Waals surface area contributed by atoms with Gasteiger partial charge in [-0.2, -0.15) is 15.0 Å². The molecule has 150 valence electrons. The zero-order valence-corrected chi connectivity index (χ0v) is 17.0. The first-order valence-electron chi connectivity index (χ1n) is 9.66. The molecule has 7 nitrogen and oxygen atoms in total. The Kier molecular flexibility index (Phi) is 5.78. The Bertz CT molecular complexity index is 958. The van der Waals surface area contributed by atoms with Crippen molar-refractivity contribution in [3.63, 3.8) is 0 Å². The maximum Gasteiger partial charge on any atom is 0.232 e. The lowest BCUT2D eigenvalue weighted by molar-refractivity contribution is 0.191. The minimum absolute atomic E-state index is 0.0399. The minimum atomic E-state index is 0.0399. The maximum atomic E-state index is 6.13. The molecule has 4 rings (SSSR count). The van der Waals surface area contributed by atoms with Gasteiger partial charge in [0.25, 0.3) is 0 Å². The zero-order valence-electron chi connectivity index (χ0n) is 16.3. The first-order valence-corrected chi connectivity index (χ1v) is 10.0. The Morgan fingerprint density at radius 1 is 0.966 bits per heavy atom. The van der Waals surface area contributed by atoms with Crippen LogP contribution in [0.4, 0.5) is 23.3 Å². The van der Waals surface area contributed by atoms with Crippen molar-refractivity contribution in [3.8, 4) is 0 Å². The Balaban J connectivity index is 1.44. The van der Waals surface area contributed by atoms with Crippen LogP contribution in [0.15, 0.2) is 54.6 Å². The van der Waals surface area contributed by atoms with Crippen molar-refractivity contribution in [1.29, 1.82) is 0 Å². The van der Waals surface area contributed by atoms with E-state index in [2.05, 4.69) is 43.1 Å². The number of hydrogen-bond acceptors (Lipinski definition) is 7. The normalized spacial score (nSPS) is 15.9. The van der Waals surface area contributed by atoms with Crippen LogP contribution in [-0.4, -0.2) is 46.0 Å². The number of nitrogens with zero attached hydrogens (tertiary/aromatic N) is 5. The van der Waals surface area contributed by atoms with Crippen molar-refractivity contribution in [1.82, 2.24) is 19.9 Å². The molecular weight excluding hydrogens is 386 g/mol. The van der Waals surface area contributed by atoms with Gasteiger partial charge in [-0.15, -0.1) is 0 Å². The summed E-state index contributed by atoms with van der Waals surface area (Å²) in [5, 5.41) is 3.96. The molecule has 0 aliphatic carbocycles. The van der Waals surface area contributed by atoms with Crippen LogP contribution < -0.4 is 16.0 Å². The van der Waals surface area contributed by atoms with Crippen molar-refractivity contribution in [2.24, 2.45) is 0 Å². The van der Waals surface area contributed by atoms with Crippen molar-refractivity contribution in [2.45, 2.75) is 13.0 Å². The number of piperazine rings is 1. The molecule has 0 saturated carbocycles. The average Bonchev–Trinajstić information content (AvgIpc) is 2.74. The molecule has 1 fully saturated rings. The first-order chi connectivity index (χ1) is 14.1. The largest absolute Gasteiger partial charge is 0.369 e.